The number of hydrogen-bond acceptors (Lipinski definition) is 5. The Morgan fingerprint density at radius 3 is 2.19 bits per heavy atom. The maximum Gasteiger partial charge on any atom is 0.308 e. The molecular weight excluding hydrogens is 416 g/mol. The molecule has 0 saturated heterocycles. The summed E-state index contributed by atoms with van der Waals surface area (Å²) < 4.78 is 30.5. The monoisotopic (exact) mass is 438 g/mol. The van der Waals surface area contributed by atoms with Gasteiger partial charge in [-0.15, -0.1) is 0 Å². The second-order valence-corrected chi connectivity index (χ2v) is 8.89. The number of hydrogen-bond donors (Lipinski definition) is 1. The molecular formula is C23H22N2O5S. The van der Waals surface area contributed by atoms with E-state index in [1.54, 1.807) is 30.3 Å². The fourth-order valence-electron chi connectivity index (χ4n) is 2.99. The molecule has 0 aliphatic rings. The van der Waals surface area contributed by atoms with Crippen molar-refractivity contribution in [3.05, 3.63) is 78.4 Å². The van der Waals surface area contributed by atoms with Crippen molar-refractivity contribution in [2.75, 3.05) is 22.9 Å². The molecule has 0 bridgehead atoms. The molecule has 0 aliphatic heterocycles. The second kappa shape index (κ2) is 9.01. The summed E-state index contributed by atoms with van der Waals surface area (Å²) in [7, 11) is -2.16. The standard InChI is InChI=1S/C23H22N2O5S/c1-16(26)30-22-12-8-7-11-19(22)23(27)24-20-15-18(17-9-5-4-6-10-17)13-14-21(20)25(2)31(3,28)29/h4-15H,1-3H3,(H,24,27). The summed E-state index contributed by atoms with van der Waals surface area (Å²) in [6.45, 7) is 1.25. The molecule has 8 heteroatoms. The van der Waals surface area contributed by atoms with Crippen LogP contribution in [-0.4, -0.2) is 33.6 Å². The topological polar surface area (TPSA) is 92.8 Å². The van der Waals surface area contributed by atoms with Crippen molar-refractivity contribution in [3.8, 4) is 16.9 Å². The van der Waals surface area contributed by atoms with Crippen LogP contribution in [0.5, 0.6) is 5.75 Å². The maximum atomic E-state index is 13.0. The fourth-order valence-corrected chi connectivity index (χ4v) is 3.50. The molecule has 0 atom stereocenters. The van der Waals surface area contributed by atoms with E-state index in [4.69, 9.17) is 4.74 Å². The molecule has 3 aromatic carbocycles. The zero-order valence-corrected chi connectivity index (χ0v) is 18.1. The highest BCUT2D eigenvalue weighted by atomic mass is 32.2. The zero-order valence-electron chi connectivity index (χ0n) is 17.3. The predicted molar refractivity (Wildman–Crippen MR) is 121 cm³/mol. The van der Waals surface area contributed by atoms with Gasteiger partial charge in [-0.05, 0) is 35.4 Å². The van der Waals surface area contributed by atoms with Gasteiger partial charge in [0.25, 0.3) is 5.91 Å². The van der Waals surface area contributed by atoms with Crippen LogP contribution < -0.4 is 14.4 Å². The van der Waals surface area contributed by atoms with Crippen molar-refractivity contribution in [1.29, 1.82) is 0 Å². The minimum atomic E-state index is -3.57. The van der Waals surface area contributed by atoms with Gasteiger partial charge in [0.15, 0.2) is 0 Å². The number of sulfonamides is 1. The first-order chi connectivity index (χ1) is 14.7. The number of carbonyl (C=O) groups is 2. The van der Waals surface area contributed by atoms with E-state index in [1.165, 1.54) is 26.1 Å². The van der Waals surface area contributed by atoms with Gasteiger partial charge in [-0.3, -0.25) is 13.9 Å². The van der Waals surface area contributed by atoms with Crippen LogP contribution in [0.3, 0.4) is 0 Å². The van der Waals surface area contributed by atoms with Crippen LogP contribution in [0.4, 0.5) is 11.4 Å². The fraction of sp³-hybridized carbons (Fsp3) is 0.130. The van der Waals surface area contributed by atoms with Crippen LogP contribution in [-0.2, 0) is 14.8 Å². The Kier molecular flexibility index (Phi) is 6.41. The maximum absolute atomic E-state index is 13.0. The molecule has 3 aromatic rings. The Balaban J connectivity index is 2.06. The number of esters is 1. The van der Waals surface area contributed by atoms with E-state index in [-0.39, 0.29) is 11.3 Å². The number of carbonyl (C=O) groups excluding carboxylic acids is 2. The normalized spacial score (nSPS) is 10.9. The Morgan fingerprint density at radius 2 is 1.55 bits per heavy atom. The second-order valence-electron chi connectivity index (χ2n) is 6.87. The van der Waals surface area contributed by atoms with E-state index in [0.29, 0.717) is 11.4 Å². The van der Waals surface area contributed by atoms with E-state index in [2.05, 4.69) is 5.32 Å². The van der Waals surface area contributed by atoms with Crippen molar-refractivity contribution < 1.29 is 22.7 Å². The Bertz CT molecular complexity index is 1220. The van der Waals surface area contributed by atoms with E-state index < -0.39 is 21.9 Å². The molecule has 0 radical (unpaired) electrons. The van der Waals surface area contributed by atoms with Crippen molar-refractivity contribution in [3.63, 3.8) is 0 Å². The minimum absolute atomic E-state index is 0.115. The minimum Gasteiger partial charge on any atom is -0.426 e. The number of nitrogens with zero attached hydrogens (tertiary/aromatic N) is 1. The van der Waals surface area contributed by atoms with Crippen LogP contribution in [0.2, 0.25) is 0 Å². The number of nitrogens with one attached hydrogen (secondary N) is 1. The number of anilines is 2. The lowest BCUT2D eigenvalue weighted by atomic mass is 10.0. The molecule has 0 aromatic heterocycles. The van der Waals surface area contributed by atoms with Crippen LogP contribution in [0.15, 0.2) is 72.8 Å². The Labute approximate surface area is 181 Å². The molecule has 7 nitrogen and oxygen atoms in total. The average Bonchev–Trinajstić information content (AvgIpc) is 2.73. The number of amides is 1. The highest BCUT2D eigenvalue weighted by Gasteiger charge is 2.20. The first kappa shape index (κ1) is 22.0. The third-order valence-corrected chi connectivity index (χ3v) is 5.77. The highest BCUT2D eigenvalue weighted by Crippen LogP contribution is 2.33. The smallest absolute Gasteiger partial charge is 0.308 e. The van der Waals surface area contributed by atoms with E-state index in [0.717, 1.165) is 21.7 Å². The summed E-state index contributed by atoms with van der Waals surface area (Å²) >= 11 is 0. The van der Waals surface area contributed by atoms with Crippen molar-refractivity contribution >= 4 is 33.3 Å². The van der Waals surface area contributed by atoms with Gasteiger partial charge in [0.05, 0.1) is 23.2 Å². The molecule has 31 heavy (non-hydrogen) atoms. The quantitative estimate of drug-likeness (QED) is 0.465. The van der Waals surface area contributed by atoms with Gasteiger partial charge in [0.2, 0.25) is 10.0 Å². The molecule has 0 spiro atoms. The van der Waals surface area contributed by atoms with Gasteiger partial charge in [0, 0.05) is 14.0 Å². The lowest BCUT2D eigenvalue weighted by molar-refractivity contribution is -0.131. The van der Waals surface area contributed by atoms with Crippen LogP contribution >= 0.6 is 0 Å². The SMILES string of the molecule is CC(=O)Oc1ccccc1C(=O)Nc1cc(-c2ccccc2)ccc1N(C)S(C)(=O)=O. The summed E-state index contributed by atoms with van der Waals surface area (Å²) in [5.41, 5.74) is 2.47. The van der Waals surface area contributed by atoms with Gasteiger partial charge in [-0.1, -0.05) is 48.5 Å². The predicted octanol–water partition coefficient (Wildman–Crippen LogP) is 3.93. The summed E-state index contributed by atoms with van der Waals surface area (Å²) in [4.78, 5) is 24.4. The van der Waals surface area contributed by atoms with Gasteiger partial charge >= 0.3 is 5.97 Å². The lowest BCUT2D eigenvalue weighted by Crippen LogP contribution is -2.26. The third-order valence-electron chi connectivity index (χ3n) is 4.57. The van der Waals surface area contributed by atoms with Crippen LogP contribution in [0, 0.1) is 0 Å². The van der Waals surface area contributed by atoms with E-state index in [9.17, 15) is 18.0 Å². The molecule has 1 N–H and O–H groups in total. The number of para-hydroxylation sites is 1. The van der Waals surface area contributed by atoms with Gasteiger partial charge < -0.3 is 10.1 Å². The molecule has 0 saturated carbocycles. The van der Waals surface area contributed by atoms with E-state index in [1.807, 2.05) is 30.3 Å². The number of ether oxygens (including phenoxy) is 1. The molecule has 3 rings (SSSR count). The lowest BCUT2D eigenvalue weighted by Gasteiger charge is -2.21. The molecule has 1 amide bonds. The Hall–Kier alpha value is -3.65. The van der Waals surface area contributed by atoms with Crippen molar-refractivity contribution in [2.24, 2.45) is 0 Å². The molecule has 0 fully saturated rings. The average molecular weight is 439 g/mol. The number of rotatable bonds is 6. The Morgan fingerprint density at radius 1 is 0.903 bits per heavy atom. The van der Waals surface area contributed by atoms with Crippen LogP contribution in [0.25, 0.3) is 11.1 Å². The molecule has 0 aliphatic carbocycles. The van der Waals surface area contributed by atoms with Crippen LogP contribution in [0.1, 0.15) is 17.3 Å². The summed E-state index contributed by atoms with van der Waals surface area (Å²) in [5.74, 6) is -0.973. The van der Waals surface area contributed by atoms with Gasteiger partial charge in [0.1, 0.15) is 5.75 Å². The van der Waals surface area contributed by atoms with Gasteiger partial charge in [-0.2, -0.15) is 0 Å². The molecule has 0 heterocycles. The number of benzene rings is 3. The highest BCUT2D eigenvalue weighted by molar-refractivity contribution is 7.92. The summed E-state index contributed by atoms with van der Waals surface area (Å²) in [6, 6.07) is 21.0. The van der Waals surface area contributed by atoms with E-state index >= 15 is 0 Å². The third kappa shape index (κ3) is 5.29. The van der Waals surface area contributed by atoms with Crippen molar-refractivity contribution in [2.45, 2.75) is 6.92 Å². The first-order valence-corrected chi connectivity index (χ1v) is 11.2. The molecule has 0 unspecified atom stereocenters. The molecule has 160 valence electrons. The zero-order chi connectivity index (χ0) is 22.6. The first-order valence-electron chi connectivity index (χ1n) is 9.39. The summed E-state index contributed by atoms with van der Waals surface area (Å²) in [6.07, 6.45) is 1.08. The van der Waals surface area contributed by atoms with Gasteiger partial charge in [-0.25, -0.2) is 8.42 Å². The summed E-state index contributed by atoms with van der Waals surface area (Å²) in [5, 5.41) is 2.77. The largest absolute Gasteiger partial charge is 0.426 e. The van der Waals surface area contributed by atoms with Crippen molar-refractivity contribution in [1.82, 2.24) is 0 Å².